The number of likely N-dealkylation sites (tertiary alicyclic amines) is 1. The zero-order valence-corrected chi connectivity index (χ0v) is 19.0. The fraction of sp³-hybridized carbons (Fsp3) is 0.360. The molecule has 2 aromatic heterocycles. The number of benzene rings is 1. The number of nitrogens with two attached hydrogens (primary N) is 1. The van der Waals surface area contributed by atoms with Gasteiger partial charge in [-0.2, -0.15) is 0 Å². The molecule has 1 saturated heterocycles. The third kappa shape index (κ3) is 5.90. The number of pyridine rings is 1. The van der Waals surface area contributed by atoms with Crippen molar-refractivity contribution in [3.8, 4) is 0 Å². The molecule has 1 aromatic carbocycles. The summed E-state index contributed by atoms with van der Waals surface area (Å²) in [7, 11) is 0. The van der Waals surface area contributed by atoms with Gasteiger partial charge in [-0.05, 0) is 68.5 Å². The lowest BCUT2D eigenvalue weighted by Gasteiger charge is -2.34. The van der Waals surface area contributed by atoms with Crippen LogP contribution in [0.4, 0.5) is 16.0 Å². The van der Waals surface area contributed by atoms with Crippen molar-refractivity contribution in [1.82, 2.24) is 19.9 Å². The second kappa shape index (κ2) is 10.0. The number of hydrogen-bond acceptors (Lipinski definition) is 6. The van der Waals surface area contributed by atoms with Crippen LogP contribution in [0.3, 0.4) is 0 Å². The number of hydrogen-bond donors (Lipinski definition) is 2. The minimum Gasteiger partial charge on any atom is -0.341 e. The van der Waals surface area contributed by atoms with E-state index < -0.39 is 6.04 Å². The molecule has 172 valence electrons. The second-order valence-corrected chi connectivity index (χ2v) is 8.63. The van der Waals surface area contributed by atoms with E-state index in [4.69, 9.17) is 5.73 Å². The third-order valence-electron chi connectivity index (χ3n) is 5.87. The van der Waals surface area contributed by atoms with Crippen molar-refractivity contribution in [2.45, 2.75) is 45.1 Å². The number of carbonyl (C=O) groups excluding carboxylic acids is 1. The number of amides is 1. The molecule has 4 rings (SSSR count). The Morgan fingerprint density at radius 2 is 1.97 bits per heavy atom. The van der Waals surface area contributed by atoms with Crippen LogP contribution in [-0.4, -0.2) is 44.9 Å². The first-order chi connectivity index (χ1) is 15.9. The van der Waals surface area contributed by atoms with Crippen LogP contribution < -0.4 is 11.1 Å². The molecule has 1 amide bonds. The number of piperidine rings is 1. The molecular weight excluding hydrogens is 419 g/mol. The zero-order valence-electron chi connectivity index (χ0n) is 19.0. The molecule has 0 aliphatic carbocycles. The van der Waals surface area contributed by atoms with Crippen molar-refractivity contribution in [2.24, 2.45) is 5.73 Å². The van der Waals surface area contributed by atoms with Crippen LogP contribution in [0.1, 0.15) is 41.4 Å². The summed E-state index contributed by atoms with van der Waals surface area (Å²) >= 11 is 0. The molecule has 3 heterocycles. The number of halogens is 1. The van der Waals surface area contributed by atoms with Gasteiger partial charge >= 0.3 is 0 Å². The lowest BCUT2D eigenvalue weighted by atomic mass is 9.93. The summed E-state index contributed by atoms with van der Waals surface area (Å²) in [5.74, 6) is 1.80. The number of carbonyl (C=O) groups is 1. The lowest BCUT2D eigenvalue weighted by molar-refractivity contribution is -0.133. The Morgan fingerprint density at radius 3 is 2.73 bits per heavy atom. The van der Waals surface area contributed by atoms with Gasteiger partial charge in [0.05, 0.1) is 11.7 Å². The number of aryl methyl sites for hydroxylation is 2. The molecule has 7 nitrogen and oxygen atoms in total. The SMILES string of the molecule is Cc1ccnc(Nc2cc([C@@H]3CCCN(C(=O)[C@@H](N)Cc4ccc(F)cc4)C3)nc(C)n2)c1. The molecule has 0 saturated carbocycles. The Morgan fingerprint density at radius 1 is 1.18 bits per heavy atom. The first-order valence-corrected chi connectivity index (χ1v) is 11.2. The molecule has 8 heteroatoms. The van der Waals surface area contributed by atoms with E-state index in [1.54, 1.807) is 18.3 Å². The molecule has 0 spiro atoms. The van der Waals surface area contributed by atoms with Crippen LogP contribution in [0.25, 0.3) is 0 Å². The maximum atomic E-state index is 13.1. The van der Waals surface area contributed by atoms with Crippen molar-refractivity contribution < 1.29 is 9.18 Å². The van der Waals surface area contributed by atoms with E-state index >= 15 is 0 Å². The van der Waals surface area contributed by atoms with Crippen molar-refractivity contribution in [1.29, 1.82) is 0 Å². The summed E-state index contributed by atoms with van der Waals surface area (Å²) < 4.78 is 13.1. The topological polar surface area (TPSA) is 97.0 Å². The molecule has 2 atom stereocenters. The Hall–Kier alpha value is -3.39. The Bertz CT molecular complexity index is 1120. The highest BCUT2D eigenvalue weighted by Crippen LogP contribution is 2.28. The highest BCUT2D eigenvalue weighted by atomic mass is 19.1. The summed E-state index contributed by atoms with van der Waals surface area (Å²) in [6.07, 6.45) is 3.96. The average molecular weight is 449 g/mol. The van der Waals surface area contributed by atoms with Crippen LogP contribution >= 0.6 is 0 Å². The molecule has 33 heavy (non-hydrogen) atoms. The van der Waals surface area contributed by atoms with E-state index in [0.717, 1.165) is 35.5 Å². The van der Waals surface area contributed by atoms with Crippen LogP contribution in [0.5, 0.6) is 0 Å². The fourth-order valence-electron chi connectivity index (χ4n) is 4.21. The maximum Gasteiger partial charge on any atom is 0.239 e. The molecule has 0 unspecified atom stereocenters. The minimum absolute atomic E-state index is 0.0860. The first-order valence-electron chi connectivity index (χ1n) is 11.2. The summed E-state index contributed by atoms with van der Waals surface area (Å²) in [6, 6.07) is 11.3. The molecule has 3 N–H and O–H groups in total. The summed E-state index contributed by atoms with van der Waals surface area (Å²) in [4.78, 5) is 28.4. The van der Waals surface area contributed by atoms with E-state index in [1.165, 1.54) is 12.1 Å². The molecular formula is C25H29FN6O. The number of nitrogens with zero attached hydrogens (tertiary/aromatic N) is 4. The van der Waals surface area contributed by atoms with E-state index in [0.29, 0.717) is 31.2 Å². The van der Waals surface area contributed by atoms with Crippen molar-refractivity contribution in [3.63, 3.8) is 0 Å². The van der Waals surface area contributed by atoms with Gasteiger partial charge in [-0.3, -0.25) is 4.79 Å². The monoisotopic (exact) mass is 448 g/mol. The van der Waals surface area contributed by atoms with Gasteiger partial charge in [-0.25, -0.2) is 19.3 Å². The lowest BCUT2D eigenvalue weighted by Crippen LogP contribution is -2.48. The summed E-state index contributed by atoms with van der Waals surface area (Å²) in [6.45, 7) is 5.12. The summed E-state index contributed by atoms with van der Waals surface area (Å²) in [5.41, 5.74) is 9.08. The maximum absolute atomic E-state index is 13.1. The van der Waals surface area contributed by atoms with Crippen LogP contribution in [-0.2, 0) is 11.2 Å². The van der Waals surface area contributed by atoms with Crippen molar-refractivity contribution in [3.05, 3.63) is 77.1 Å². The largest absolute Gasteiger partial charge is 0.341 e. The predicted molar refractivity (Wildman–Crippen MR) is 126 cm³/mol. The van der Waals surface area contributed by atoms with Crippen molar-refractivity contribution in [2.75, 3.05) is 18.4 Å². The van der Waals surface area contributed by atoms with Gasteiger partial charge < -0.3 is 16.0 Å². The molecule has 0 radical (unpaired) electrons. The first kappa shape index (κ1) is 22.8. The summed E-state index contributed by atoms with van der Waals surface area (Å²) in [5, 5.41) is 3.26. The van der Waals surface area contributed by atoms with Crippen LogP contribution in [0.15, 0.2) is 48.7 Å². The number of anilines is 2. The van der Waals surface area contributed by atoms with Gasteiger partial charge in [0.15, 0.2) is 0 Å². The van der Waals surface area contributed by atoms with E-state index in [-0.39, 0.29) is 17.6 Å². The number of rotatable bonds is 6. The van der Waals surface area contributed by atoms with Gasteiger partial charge in [0.2, 0.25) is 5.91 Å². The molecule has 1 aliphatic rings. The van der Waals surface area contributed by atoms with Crippen LogP contribution in [0.2, 0.25) is 0 Å². The molecule has 0 bridgehead atoms. The number of nitrogens with one attached hydrogen (secondary N) is 1. The van der Waals surface area contributed by atoms with E-state index in [9.17, 15) is 9.18 Å². The molecule has 3 aromatic rings. The quantitative estimate of drug-likeness (QED) is 0.598. The molecule has 1 aliphatic heterocycles. The highest BCUT2D eigenvalue weighted by Gasteiger charge is 2.29. The molecule has 1 fully saturated rings. The van der Waals surface area contributed by atoms with Gasteiger partial charge in [-0.1, -0.05) is 12.1 Å². The van der Waals surface area contributed by atoms with Gasteiger partial charge in [0.1, 0.15) is 23.3 Å². The average Bonchev–Trinajstić information content (AvgIpc) is 2.80. The predicted octanol–water partition coefficient (Wildman–Crippen LogP) is 3.65. The minimum atomic E-state index is -0.661. The van der Waals surface area contributed by atoms with Gasteiger partial charge in [0.25, 0.3) is 0 Å². The zero-order chi connectivity index (χ0) is 23.4. The third-order valence-corrected chi connectivity index (χ3v) is 5.87. The second-order valence-electron chi connectivity index (χ2n) is 8.63. The number of aromatic nitrogens is 3. The smallest absolute Gasteiger partial charge is 0.239 e. The Labute approximate surface area is 193 Å². The van der Waals surface area contributed by atoms with Gasteiger partial charge in [-0.15, -0.1) is 0 Å². The van der Waals surface area contributed by atoms with Crippen molar-refractivity contribution >= 4 is 17.5 Å². The fourth-order valence-corrected chi connectivity index (χ4v) is 4.21. The Kier molecular flexibility index (Phi) is 6.93. The Balaban J connectivity index is 1.44. The van der Waals surface area contributed by atoms with Crippen LogP contribution in [0, 0.1) is 19.7 Å². The van der Waals surface area contributed by atoms with E-state index in [2.05, 4.69) is 20.3 Å². The standard InChI is InChI=1S/C25H29FN6O/c1-16-9-10-28-23(12-16)31-24-14-22(29-17(2)30-24)19-4-3-11-32(15-19)25(33)21(27)13-18-5-7-20(26)8-6-18/h5-10,12,14,19,21H,3-4,11,13,15,27H2,1-2H3,(H,28,29,30,31)/t19-,21+/m1/s1. The van der Waals surface area contributed by atoms with E-state index in [1.807, 2.05) is 36.9 Å². The normalized spacial score (nSPS) is 17.0. The van der Waals surface area contributed by atoms with Gasteiger partial charge in [0, 0.05) is 31.3 Å². The highest BCUT2D eigenvalue weighted by molar-refractivity contribution is 5.82.